The van der Waals surface area contributed by atoms with E-state index in [9.17, 15) is 0 Å². The molecule has 2 nitrogen and oxygen atoms in total. The second kappa shape index (κ2) is 4.13. The van der Waals surface area contributed by atoms with Crippen LogP contribution in [-0.4, -0.2) is 19.8 Å². The third kappa shape index (κ3) is 1.84. The van der Waals surface area contributed by atoms with E-state index in [0.29, 0.717) is 6.54 Å². The van der Waals surface area contributed by atoms with Gasteiger partial charge in [-0.15, -0.1) is 0 Å². The predicted octanol–water partition coefficient (Wildman–Crippen LogP) is 2.36. The summed E-state index contributed by atoms with van der Waals surface area (Å²) in [5.41, 5.74) is 7.44. The Bertz CT molecular complexity index is 520. The molecule has 0 aromatic heterocycles. The van der Waals surface area contributed by atoms with Gasteiger partial charge in [-0.3, -0.25) is 0 Å². The van der Waals surface area contributed by atoms with Crippen molar-refractivity contribution in [3.63, 3.8) is 0 Å². The zero-order valence-corrected chi connectivity index (χ0v) is 9.86. The molecule has 1 aliphatic rings. The number of fused-ring (bicyclic) bond motifs is 1. The fourth-order valence-electron chi connectivity index (χ4n) is 2.53. The summed E-state index contributed by atoms with van der Waals surface area (Å²) < 4.78 is 5.33. The Hall–Kier alpha value is -1.38. The van der Waals surface area contributed by atoms with E-state index < -0.39 is 0 Å². The highest BCUT2D eigenvalue weighted by Gasteiger charge is 2.37. The Morgan fingerprint density at radius 1 is 1.06 bits per heavy atom. The minimum absolute atomic E-state index is 0.171. The average Bonchev–Trinajstić information content (AvgIpc) is 2.34. The third-order valence-electron chi connectivity index (χ3n) is 3.69. The summed E-state index contributed by atoms with van der Waals surface area (Å²) in [5, 5.41) is 2.65. The fourth-order valence-corrected chi connectivity index (χ4v) is 2.53. The molecule has 2 aromatic rings. The Morgan fingerprint density at radius 3 is 2.53 bits per heavy atom. The predicted molar refractivity (Wildman–Crippen MR) is 70.0 cm³/mol. The molecule has 0 amide bonds. The summed E-state index contributed by atoms with van der Waals surface area (Å²) in [6.45, 7) is 2.30. The summed E-state index contributed by atoms with van der Waals surface area (Å²) in [7, 11) is 0. The molecule has 0 radical (unpaired) electrons. The quantitative estimate of drug-likeness (QED) is 0.873. The van der Waals surface area contributed by atoms with E-state index >= 15 is 0 Å². The number of ether oxygens (including phenoxy) is 1. The maximum atomic E-state index is 5.88. The van der Waals surface area contributed by atoms with E-state index in [0.717, 1.165) is 19.6 Å². The maximum Gasteiger partial charge on any atom is 0.0560 e. The van der Waals surface area contributed by atoms with Crippen LogP contribution in [0.15, 0.2) is 42.5 Å². The lowest BCUT2D eigenvalue weighted by molar-refractivity contribution is -0.106. The van der Waals surface area contributed by atoms with Gasteiger partial charge in [0.05, 0.1) is 13.2 Å². The molecule has 0 atom stereocenters. The van der Waals surface area contributed by atoms with E-state index in [-0.39, 0.29) is 5.41 Å². The van der Waals surface area contributed by atoms with Gasteiger partial charge in [0, 0.05) is 12.0 Å². The second-order valence-corrected chi connectivity index (χ2v) is 5.01. The normalized spacial score (nSPS) is 17.9. The zero-order valence-electron chi connectivity index (χ0n) is 9.86. The molecule has 1 aliphatic heterocycles. The molecular formula is C15H17NO. The first-order valence-electron chi connectivity index (χ1n) is 6.07. The summed E-state index contributed by atoms with van der Waals surface area (Å²) in [6, 6.07) is 15.0. The number of rotatable bonds is 3. The molecule has 0 aliphatic carbocycles. The number of hydrogen-bond acceptors (Lipinski definition) is 2. The van der Waals surface area contributed by atoms with Crippen molar-refractivity contribution in [1.82, 2.24) is 0 Å². The molecule has 17 heavy (non-hydrogen) atoms. The summed E-state index contributed by atoms with van der Waals surface area (Å²) in [6.07, 6.45) is 1.02. The number of nitrogens with two attached hydrogens (primary N) is 1. The lowest BCUT2D eigenvalue weighted by Crippen LogP contribution is -2.49. The van der Waals surface area contributed by atoms with E-state index in [1.54, 1.807) is 0 Å². The van der Waals surface area contributed by atoms with E-state index in [1.165, 1.54) is 16.3 Å². The van der Waals surface area contributed by atoms with Crippen molar-refractivity contribution in [2.24, 2.45) is 11.1 Å². The Kier molecular flexibility index (Phi) is 2.61. The molecule has 0 bridgehead atoms. The summed E-state index contributed by atoms with van der Waals surface area (Å²) in [5.74, 6) is 0. The van der Waals surface area contributed by atoms with E-state index in [4.69, 9.17) is 10.5 Å². The summed E-state index contributed by atoms with van der Waals surface area (Å²) in [4.78, 5) is 0. The molecule has 1 saturated heterocycles. The summed E-state index contributed by atoms with van der Waals surface area (Å²) >= 11 is 0. The van der Waals surface area contributed by atoms with Crippen LogP contribution in [0.3, 0.4) is 0 Å². The smallest absolute Gasteiger partial charge is 0.0560 e. The Balaban J connectivity index is 2.00. The van der Waals surface area contributed by atoms with Gasteiger partial charge in [-0.2, -0.15) is 0 Å². The van der Waals surface area contributed by atoms with Gasteiger partial charge in [-0.25, -0.2) is 0 Å². The van der Waals surface area contributed by atoms with Crippen molar-refractivity contribution in [3.05, 3.63) is 48.0 Å². The minimum atomic E-state index is 0.171. The molecule has 2 heteroatoms. The van der Waals surface area contributed by atoms with E-state index in [1.807, 2.05) is 0 Å². The largest absolute Gasteiger partial charge is 0.380 e. The van der Waals surface area contributed by atoms with Crippen LogP contribution in [-0.2, 0) is 11.2 Å². The highest BCUT2D eigenvalue weighted by molar-refractivity contribution is 5.85. The molecule has 3 rings (SSSR count). The van der Waals surface area contributed by atoms with Gasteiger partial charge < -0.3 is 10.5 Å². The second-order valence-electron chi connectivity index (χ2n) is 5.01. The maximum absolute atomic E-state index is 5.88. The van der Waals surface area contributed by atoms with Crippen LogP contribution in [0.2, 0.25) is 0 Å². The SMILES string of the molecule is NCC1(Cc2cccc3ccccc23)COC1. The molecule has 2 N–H and O–H groups in total. The first kappa shape index (κ1) is 10.8. The minimum Gasteiger partial charge on any atom is -0.380 e. The van der Waals surface area contributed by atoms with Gasteiger partial charge >= 0.3 is 0 Å². The first-order valence-corrected chi connectivity index (χ1v) is 6.07. The van der Waals surface area contributed by atoms with Crippen LogP contribution < -0.4 is 5.73 Å². The van der Waals surface area contributed by atoms with Crippen molar-refractivity contribution in [2.75, 3.05) is 19.8 Å². The van der Waals surface area contributed by atoms with Gasteiger partial charge in [-0.05, 0) is 22.8 Å². The third-order valence-corrected chi connectivity index (χ3v) is 3.69. The lowest BCUT2D eigenvalue weighted by Gasteiger charge is -2.40. The van der Waals surface area contributed by atoms with Gasteiger partial charge in [0.25, 0.3) is 0 Å². The number of benzene rings is 2. The Morgan fingerprint density at radius 2 is 1.82 bits per heavy atom. The lowest BCUT2D eigenvalue weighted by atomic mass is 9.79. The van der Waals surface area contributed by atoms with Crippen molar-refractivity contribution in [2.45, 2.75) is 6.42 Å². The zero-order chi connectivity index (χ0) is 11.7. The van der Waals surface area contributed by atoms with Crippen LogP contribution in [0.5, 0.6) is 0 Å². The van der Waals surface area contributed by atoms with Crippen LogP contribution in [0.1, 0.15) is 5.56 Å². The molecule has 0 saturated carbocycles. The van der Waals surface area contributed by atoms with Gasteiger partial charge in [0.2, 0.25) is 0 Å². The van der Waals surface area contributed by atoms with Crippen LogP contribution >= 0.6 is 0 Å². The van der Waals surface area contributed by atoms with Gasteiger partial charge in [0.1, 0.15) is 0 Å². The highest BCUT2D eigenvalue weighted by atomic mass is 16.5. The molecule has 0 spiro atoms. The molecule has 0 unspecified atom stereocenters. The van der Waals surface area contributed by atoms with Crippen LogP contribution in [0.25, 0.3) is 10.8 Å². The first-order chi connectivity index (χ1) is 8.33. The van der Waals surface area contributed by atoms with Gasteiger partial charge in [-0.1, -0.05) is 42.5 Å². The fraction of sp³-hybridized carbons (Fsp3) is 0.333. The highest BCUT2D eigenvalue weighted by Crippen LogP contribution is 2.32. The monoisotopic (exact) mass is 227 g/mol. The van der Waals surface area contributed by atoms with Crippen molar-refractivity contribution < 1.29 is 4.74 Å². The van der Waals surface area contributed by atoms with Crippen molar-refractivity contribution in [3.8, 4) is 0 Å². The average molecular weight is 227 g/mol. The van der Waals surface area contributed by atoms with Crippen LogP contribution in [0.4, 0.5) is 0 Å². The standard InChI is InChI=1S/C15H17NO/c16-9-15(10-17-11-15)8-13-6-3-5-12-4-1-2-7-14(12)13/h1-7H,8-11,16H2. The van der Waals surface area contributed by atoms with Crippen molar-refractivity contribution >= 4 is 10.8 Å². The number of hydrogen-bond donors (Lipinski definition) is 1. The van der Waals surface area contributed by atoms with Crippen LogP contribution in [0, 0.1) is 5.41 Å². The van der Waals surface area contributed by atoms with Crippen molar-refractivity contribution in [1.29, 1.82) is 0 Å². The molecule has 1 fully saturated rings. The van der Waals surface area contributed by atoms with Gasteiger partial charge in [0.15, 0.2) is 0 Å². The molecule has 2 aromatic carbocycles. The molecule has 1 heterocycles. The Labute approximate surface area is 101 Å². The molecular weight excluding hydrogens is 210 g/mol. The van der Waals surface area contributed by atoms with E-state index in [2.05, 4.69) is 42.5 Å². The molecule has 88 valence electrons. The topological polar surface area (TPSA) is 35.2 Å².